The smallest absolute Gasteiger partial charge is 0.165 e. The quantitative estimate of drug-likeness (QED) is 0.685. The van der Waals surface area contributed by atoms with Gasteiger partial charge in [-0.25, -0.2) is 0 Å². The van der Waals surface area contributed by atoms with Crippen molar-refractivity contribution in [2.75, 3.05) is 33.5 Å². The van der Waals surface area contributed by atoms with Crippen molar-refractivity contribution in [3.63, 3.8) is 0 Å². The topological polar surface area (TPSA) is 39.7 Å². The van der Waals surface area contributed by atoms with Crippen LogP contribution in [0.5, 0.6) is 11.5 Å². The van der Waals surface area contributed by atoms with E-state index in [2.05, 4.69) is 5.32 Å². The lowest BCUT2D eigenvalue weighted by molar-refractivity contribution is 0.149. The molecule has 0 amide bonds. The highest BCUT2D eigenvalue weighted by Crippen LogP contribution is 2.30. The molecular formula is C14H23NO3. The molecule has 0 bridgehead atoms. The Morgan fingerprint density at radius 3 is 2.67 bits per heavy atom. The van der Waals surface area contributed by atoms with E-state index >= 15 is 0 Å². The number of para-hydroxylation sites is 1. The molecule has 0 aliphatic carbocycles. The fourth-order valence-corrected chi connectivity index (χ4v) is 1.71. The highest BCUT2D eigenvalue weighted by molar-refractivity contribution is 5.46. The van der Waals surface area contributed by atoms with Crippen LogP contribution >= 0.6 is 0 Å². The molecule has 1 aromatic carbocycles. The van der Waals surface area contributed by atoms with Gasteiger partial charge in [-0.05, 0) is 19.9 Å². The monoisotopic (exact) mass is 253 g/mol. The van der Waals surface area contributed by atoms with E-state index in [1.165, 1.54) is 0 Å². The molecular weight excluding hydrogens is 230 g/mol. The normalized spacial score (nSPS) is 10.4. The Morgan fingerprint density at radius 1 is 1.17 bits per heavy atom. The predicted molar refractivity (Wildman–Crippen MR) is 72.4 cm³/mol. The summed E-state index contributed by atoms with van der Waals surface area (Å²) in [7, 11) is 1.67. The molecule has 0 aromatic heterocycles. The molecule has 0 aliphatic heterocycles. The molecule has 18 heavy (non-hydrogen) atoms. The molecule has 0 saturated heterocycles. The molecule has 0 heterocycles. The molecule has 0 aliphatic rings. The summed E-state index contributed by atoms with van der Waals surface area (Å²) in [6.45, 7) is 7.65. The van der Waals surface area contributed by atoms with Crippen LogP contribution < -0.4 is 14.8 Å². The van der Waals surface area contributed by atoms with Crippen molar-refractivity contribution in [1.82, 2.24) is 5.32 Å². The van der Waals surface area contributed by atoms with Gasteiger partial charge in [-0.15, -0.1) is 0 Å². The van der Waals surface area contributed by atoms with Crippen LogP contribution in [0, 0.1) is 0 Å². The summed E-state index contributed by atoms with van der Waals surface area (Å²) in [5.74, 6) is 1.60. The predicted octanol–water partition coefficient (Wildman–Crippen LogP) is 2.22. The summed E-state index contributed by atoms with van der Waals surface area (Å²) in [6, 6.07) is 5.94. The van der Waals surface area contributed by atoms with E-state index < -0.39 is 0 Å². The maximum absolute atomic E-state index is 5.54. The van der Waals surface area contributed by atoms with Crippen molar-refractivity contribution in [3.05, 3.63) is 23.8 Å². The lowest BCUT2D eigenvalue weighted by Gasteiger charge is -2.14. The van der Waals surface area contributed by atoms with Gasteiger partial charge in [-0.2, -0.15) is 0 Å². The molecule has 1 N–H and O–H groups in total. The number of rotatable bonds is 9. The molecule has 0 spiro atoms. The fraction of sp³-hybridized carbons (Fsp3) is 0.571. The Kier molecular flexibility index (Phi) is 7.22. The third-order valence-corrected chi connectivity index (χ3v) is 2.51. The van der Waals surface area contributed by atoms with Gasteiger partial charge in [0.05, 0.1) is 20.3 Å². The van der Waals surface area contributed by atoms with E-state index in [0.717, 1.165) is 43.4 Å². The van der Waals surface area contributed by atoms with Gasteiger partial charge in [-0.1, -0.05) is 12.1 Å². The average molecular weight is 253 g/mol. The van der Waals surface area contributed by atoms with Gasteiger partial charge in [0, 0.05) is 25.3 Å². The highest BCUT2D eigenvalue weighted by Gasteiger charge is 2.09. The summed E-state index contributed by atoms with van der Waals surface area (Å²) < 4.78 is 16.2. The van der Waals surface area contributed by atoms with Crippen LogP contribution in [-0.4, -0.2) is 33.5 Å². The number of ether oxygens (including phenoxy) is 3. The van der Waals surface area contributed by atoms with Crippen molar-refractivity contribution in [2.45, 2.75) is 20.4 Å². The van der Waals surface area contributed by atoms with Crippen LogP contribution in [0.3, 0.4) is 0 Å². The summed E-state index contributed by atoms with van der Waals surface area (Å²) in [6.07, 6.45) is 0. The first-order valence-corrected chi connectivity index (χ1v) is 6.40. The first kappa shape index (κ1) is 14.8. The van der Waals surface area contributed by atoms with Crippen LogP contribution in [0.2, 0.25) is 0 Å². The zero-order chi connectivity index (χ0) is 13.2. The van der Waals surface area contributed by atoms with Crippen LogP contribution in [0.1, 0.15) is 19.4 Å². The lowest BCUT2D eigenvalue weighted by Crippen LogP contribution is -2.19. The van der Waals surface area contributed by atoms with Gasteiger partial charge in [0.2, 0.25) is 0 Å². The molecule has 4 heteroatoms. The second-order valence-electron chi connectivity index (χ2n) is 3.76. The molecule has 0 fully saturated rings. The molecule has 0 saturated carbocycles. The number of methoxy groups -OCH3 is 1. The number of nitrogens with one attached hydrogen (secondary N) is 1. The molecule has 0 unspecified atom stereocenters. The Balaban J connectivity index is 2.55. The van der Waals surface area contributed by atoms with Gasteiger partial charge in [0.15, 0.2) is 11.5 Å². The van der Waals surface area contributed by atoms with Gasteiger partial charge in [0.1, 0.15) is 0 Å². The minimum atomic E-state index is 0.636. The molecule has 0 atom stereocenters. The van der Waals surface area contributed by atoms with Crippen molar-refractivity contribution in [1.29, 1.82) is 0 Å². The van der Waals surface area contributed by atoms with Crippen molar-refractivity contribution in [3.8, 4) is 11.5 Å². The van der Waals surface area contributed by atoms with Gasteiger partial charge < -0.3 is 19.5 Å². The average Bonchev–Trinajstić information content (AvgIpc) is 2.39. The first-order valence-electron chi connectivity index (χ1n) is 6.40. The Morgan fingerprint density at radius 2 is 2.00 bits per heavy atom. The Labute approximate surface area is 109 Å². The van der Waals surface area contributed by atoms with E-state index in [1.54, 1.807) is 7.11 Å². The number of hydrogen-bond donors (Lipinski definition) is 1. The number of hydrogen-bond acceptors (Lipinski definition) is 4. The Hall–Kier alpha value is -1.26. The zero-order valence-electron chi connectivity index (χ0n) is 11.5. The highest BCUT2D eigenvalue weighted by atomic mass is 16.5. The second-order valence-corrected chi connectivity index (χ2v) is 3.76. The van der Waals surface area contributed by atoms with Crippen LogP contribution in [0.4, 0.5) is 0 Å². The van der Waals surface area contributed by atoms with Crippen LogP contribution in [-0.2, 0) is 11.3 Å². The van der Waals surface area contributed by atoms with Crippen molar-refractivity contribution >= 4 is 0 Å². The Bertz CT molecular complexity index is 342. The molecule has 102 valence electrons. The van der Waals surface area contributed by atoms with Gasteiger partial charge in [-0.3, -0.25) is 0 Å². The second kappa shape index (κ2) is 8.78. The van der Waals surface area contributed by atoms with E-state index in [-0.39, 0.29) is 0 Å². The van der Waals surface area contributed by atoms with Crippen LogP contribution in [0.25, 0.3) is 0 Å². The summed E-state index contributed by atoms with van der Waals surface area (Å²) in [4.78, 5) is 0. The summed E-state index contributed by atoms with van der Waals surface area (Å²) >= 11 is 0. The maximum atomic E-state index is 5.54. The molecule has 0 radical (unpaired) electrons. The zero-order valence-corrected chi connectivity index (χ0v) is 11.5. The largest absolute Gasteiger partial charge is 0.493 e. The van der Waals surface area contributed by atoms with Crippen molar-refractivity contribution < 1.29 is 14.2 Å². The molecule has 4 nitrogen and oxygen atoms in total. The third kappa shape index (κ3) is 4.55. The minimum absolute atomic E-state index is 0.636. The van der Waals surface area contributed by atoms with E-state index in [4.69, 9.17) is 14.2 Å². The van der Waals surface area contributed by atoms with E-state index in [9.17, 15) is 0 Å². The summed E-state index contributed by atoms with van der Waals surface area (Å²) in [5.41, 5.74) is 1.10. The summed E-state index contributed by atoms with van der Waals surface area (Å²) in [5, 5.41) is 3.32. The van der Waals surface area contributed by atoms with Gasteiger partial charge in [0.25, 0.3) is 0 Å². The molecule has 1 rings (SSSR count). The first-order chi connectivity index (χ1) is 8.83. The molecule has 1 aromatic rings. The number of benzene rings is 1. The van der Waals surface area contributed by atoms with Gasteiger partial charge >= 0.3 is 0 Å². The standard InChI is InChI=1S/C14H23NO3/c1-4-17-10-9-15-11-12-7-6-8-13(18-5-2)14(12)16-3/h6-8,15H,4-5,9-11H2,1-3H3. The fourth-order valence-electron chi connectivity index (χ4n) is 1.71. The lowest BCUT2D eigenvalue weighted by atomic mass is 10.2. The third-order valence-electron chi connectivity index (χ3n) is 2.51. The van der Waals surface area contributed by atoms with Crippen molar-refractivity contribution in [2.24, 2.45) is 0 Å². The SMILES string of the molecule is CCOCCNCc1cccc(OCC)c1OC. The van der Waals surface area contributed by atoms with E-state index in [0.29, 0.717) is 6.61 Å². The van der Waals surface area contributed by atoms with E-state index in [1.807, 2.05) is 32.0 Å². The van der Waals surface area contributed by atoms with Crippen LogP contribution in [0.15, 0.2) is 18.2 Å². The minimum Gasteiger partial charge on any atom is -0.493 e. The maximum Gasteiger partial charge on any atom is 0.165 e.